The third-order valence-electron chi connectivity index (χ3n) is 11.7. The molecule has 0 aromatic carbocycles. The minimum atomic E-state index is -1.62. The fourth-order valence-corrected chi connectivity index (χ4v) is 7.61. The molecule has 1 fully saturated rings. The minimum absolute atomic E-state index is 0.302. The van der Waals surface area contributed by atoms with Gasteiger partial charge in [-0.1, -0.05) is 204 Å². The summed E-state index contributed by atoms with van der Waals surface area (Å²) < 4.78 is 11.1. The van der Waals surface area contributed by atoms with Crippen LogP contribution in [0.3, 0.4) is 0 Å². The number of rotatable bonds is 39. The zero-order chi connectivity index (χ0) is 43.4. The second-order valence-electron chi connectivity index (χ2n) is 17.2. The first-order valence-electron chi connectivity index (χ1n) is 24.2. The van der Waals surface area contributed by atoms with Gasteiger partial charge >= 0.3 is 0 Å². The van der Waals surface area contributed by atoms with Crippen molar-refractivity contribution in [3.05, 3.63) is 36.0 Å². The first-order valence-corrected chi connectivity index (χ1v) is 24.2. The van der Waals surface area contributed by atoms with Crippen molar-refractivity contribution in [3.63, 3.8) is 0 Å². The summed E-state index contributed by atoms with van der Waals surface area (Å²) in [5.41, 5.74) is 1.18. The van der Waals surface area contributed by atoms with E-state index in [2.05, 4.69) is 44.3 Å². The van der Waals surface area contributed by atoms with Crippen molar-refractivity contribution in [3.8, 4) is 0 Å². The van der Waals surface area contributed by atoms with Crippen LogP contribution >= 0.6 is 0 Å². The molecule has 1 aliphatic rings. The van der Waals surface area contributed by atoms with Crippen molar-refractivity contribution in [1.29, 1.82) is 0 Å². The van der Waals surface area contributed by atoms with E-state index in [4.69, 9.17) is 9.47 Å². The van der Waals surface area contributed by atoms with Crippen LogP contribution in [0.4, 0.5) is 0 Å². The first-order chi connectivity index (χ1) is 28.7. The van der Waals surface area contributed by atoms with E-state index < -0.39 is 61.5 Å². The fourth-order valence-electron chi connectivity index (χ4n) is 7.61. The van der Waals surface area contributed by atoms with E-state index in [1.54, 1.807) is 6.08 Å². The normalized spacial score (nSPS) is 21.7. The van der Waals surface area contributed by atoms with Crippen molar-refractivity contribution < 1.29 is 44.9 Å². The molecule has 0 radical (unpaired) electrons. The lowest BCUT2D eigenvalue weighted by molar-refractivity contribution is -0.302. The maximum Gasteiger partial charge on any atom is 0.249 e. The topological polar surface area (TPSA) is 169 Å². The summed E-state index contributed by atoms with van der Waals surface area (Å²) in [5.74, 6) is -0.631. The molecule has 7 N–H and O–H groups in total. The summed E-state index contributed by atoms with van der Waals surface area (Å²) in [6.45, 7) is 5.63. The summed E-state index contributed by atoms with van der Waals surface area (Å²) in [4.78, 5) is 13.1. The van der Waals surface area contributed by atoms with Crippen LogP contribution in [0.15, 0.2) is 36.0 Å². The fraction of sp³-hybridized carbons (Fsp3) is 0.857. The number of nitrogens with one attached hydrogen (secondary N) is 1. The highest BCUT2D eigenvalue weighted by Gasteiger charge is 2.44. The zero-order valence-corrected chi connectivity index (χ0v) is 37.8. The lowest BCUT2D eigenvalue weighted by Gasteiger charge is -2.40. The van der Waals surface area contributed by atoms with Crippen LogP contribution in [0.2, 0.25) is 0 Å². The Kier molecular flexibility index (Phi) is 35.7. The molecule has 1 aliphatic heterocycles. The van der Waals surface area contributed by atoms with Crippen LogP contribution in [0, 0.1) is 0 Å². The highest BCUT2D eigenvalue weighted by Crippen LogP contribution is 2.23. The molecule has 10 heteroatoms. The van der Waals surface area contributed by atoms with Gasteiger partial charge in [-0.25, -0.2) is 0 Å². The molecular weight excluding hydrogens is 747 g/mol. The minimum Gasteiger partial charge on any atom is -0.394 e. The van der Waals surface area contributed by atoms with Gasteiger partial charge in [-0.15, -0.1) is 0 Å². The number of hydrogen-bond acceptors (Lipinski definition) is 9. The number of hydrogen-bond donors (Lipinski definition) is 7. The van der Waals surface area contributed by atoms with Crippen LogP contribution in [0.25, 0.3) is 0 Å². The number of carbonyl (C=O) groups excluding carboxylic acids is 1. The maximum absolute atomic E-state index is 13.1. The summed E-state index contributed by atoms with van der Waals surface area (Å²) in [6, 6.07) is -1.01. The van der Waals surface area contributed by atoms with Gasteiger partial charge in [-0.3, -0.25) is 4.79 Å². The Bertz CT molecular complexity index is 1070. The second-order valence-corrected chi connectivity index (χ2v) is 17.2. The van der Waals surface area contributed by atoms with Gasteiger partial charge in [0.15, 0.2) is 6.29 Å². The van der Waals surface area contributed by atoms with Crippen molar-refractivity contribution in [2.75, 3.05) is 13.2 Å². The molecular formula is C49H91NO9. The summed E-state index contributed by atoms with van der Waals surface area (Å²) >= 11 is 0. The second kappa shape index (κ2) is 38.1. The Morgan fingerprint density at radius 2 is 1.14 bits per heavy atom. The summed E-state index contributed by atoms with van der Waals surface area (Å²) in [6.07, 6.45) is 34.9. The van der Waals surface area contributed by atoms with Gasteiger partial charge in [0, 0.05) is 0 Å². The molecule has 0 bridgehead atoms. The Morgan fingerprint density at radius 1 is 0.644 bits per heavy atom. The van der Waals surface area contributed by atoms with E-state index in [-0.39, 0.29) is 6.61 Å². The molecule has 0 aromatic heterocycles. The molecule has 0 unspecified atom stereocenters. The van der Waals surface area contributed by atoms with Crippen molar-refractivity contribution >= 4 is 5.91 Å². The maximum atomic E-state index is 13.1. The Morgan fingerprint density at radius 3 is 1.64 bits per heavy atom. The smallest absolute Gasteiger partial charge is 0.249 e. The molecule has 1 amide bonds. The lowest BCUT2D eigenvalue weighted by Crippen LogP contribution is -2.60. The Balaban J connectivity index is 2.42. The standard InChI is InChI=1S/C49H91NO9/c1-4-6-8-10-12-13-14-15-16-17-18-19-20-21-22-23-24-26-28-32-37-43(53)48(57)50-41(39-58-49-47(56)46(55)45(54)44(38-51)59-49)42(52)36-33-29-31-35-40(3)34-30-27-25-11-9-7-5-2/h30,33-36,41-47,49,51-56H,4-29,31-32,37-39H2,1-3H3,(H,50,57)/b34-30+,36-33+,40-35+/t41-,42+,43+,44+,45+,46-,47+,49+/m0/s1. The van der Waals surface area contributed by atoms with Gasteiger partial charge in [-0.2, -0.15) is 0 Å². The highest BCUT2D eigenvalue weighted by molar-refractivity contribution is 5.80. The number of aliphatic hydroxyl groups excluding tert-OH is 6. The van der Waals surface area contributed by atoms with Gasteiger partial charge in [0.1, 0.15) is 30.5 Å². The number of carbonyl (C=O) groups is 1. The molecule has 1 rings (SSSR count). The van der Waals surface area contributed by atoms with Crippen LogP contribution in [-0.2, 0) is 14.3 Å². The Labute approximate surface area is 360 Å². The molecule has 346 valence electrons. The average Bonchev–Trinajstić information content (AvgIpc) is 3.23. The van der Waals surface area contributed by atoms with Gasteiger partial charge < -0.3 is 45.4 Å². The molecule has 10 nitrogen and oxygen atoms in total. The number of allylic oxidation sites excluding steroid dienone is 5. The summed E-state index contributed by atoms with van der Waals surface area (Å²) in [5, 5.41) is 64.8. The predicted octanol–water partition coefficient (Wildman–Crippen LogP) is 9.42. The molecule has 59 heavy (non-hydrogen) atoms. The molecule has 8 atom stereocenters. The molecule has 1 heterocycles. The highest BCUT2D eigenvalue weighted by atomic mass is 16.7. The van der Waals surface area contributed by atoms with E-state index in [0.717, 1.165) is 32.1 Å². The quantitative estimate of drug-likeness (QED) is 0.0181. The first kappa shape index (κ1) is 55.4. The van der Waals surface area contributed by atoms with E-state index in [0.29, 0.717) is 19.3 Å². The molecule has 0 aromatic rings. The molecule has 0 spiro atoms. The number of aliphatic hydroxyl groups is 6. The van der Waals surface area contributed by atoms with Crippen molar-refractivity contribution in [1.82, 2.24) is 5.32 Å². The number of amides is 1. The van der Waals surface area contributed by atoms with E-state index in [1.165, 1.54) is 140 Å². The molecule has 1 saturated heterocycles. The van der Waals surface area contributed by atoms with E-state index in [1.807, 2.05) is 6.08 Å². The van der Waals surface area contributed by atoms with Crippen LogP contribution in [0.5, 0.6) is 0 Å². The average molecular weight is 838 g/mol. The van der Waals surface area contributed by atoms with Crippen LogP contribution < -0.4 is 5.32 Å². The SMILES string of the molecule is CCCCCCC/C=C/C(C)=C/CC/C=C/[C@@H](O)[C@H](CO[C@@H]1O[C@H](CO)[C@@H](O)[C@H](O)[C@H]1O)NC(=O)[C@H](O)CCCCCCCCCCCCCCCCCCCCCC. The monoisotopic (exact) mass is 838 g/mol. The van der Waals surface area contributed by atoms with E-state index in [9.17, 15) is 35.4 Å². The van der Waals surface area contributed by atoms with Crippen molar-refractivity contribution in [2.24, 2.45) is 0 Å². The summed E-state index contributed by atoms with van der Waals surface area (Å²) in [7, 11) is 0. The largest absolute Gasteiger partial charge is 0.394 e. The molecule has 0 aliphatic carbocycles. The van der Waals surface area contributed by atoms with Gasteiger partial charge in [0.2, 0.25) is 5.91 Å². The third-order valence-corrected chi connectivity index (χ3v) is 11.7. The number of ether oxygens (including phenoxy) is 2. The van der Waals surface area contributed by atoms with Gasteiger partial charge in [-0.05, 0) is 39.0 Å². The van der Waals surface area contributed by atoms with Crippen molar-refractivity contribution in [2.45, 2.75) is 256 Å². The molecule has 0 saturated carbocycles. The lowest BCUT2D eigenvalue weighted by atomic mass is 9.99. The van der Waals surface area contributed by atoms with Gasteiger partial charge in [0.05, 0.1) is 25.4 Å². The van der Waals surface area contributed by atoms with Gasteiger partial charge in [0.25, 0.3) is 0 Å². The Hall–Kier alpha value is -1.63. The van der Waals surface area contributed by atoms with Crippen LogP contribution in [0.1, 0.15) is 207 Å². The zero-order valence-electron chi connectivity index (χ0n) is 37.8. The number of unbranched alkanes of at least 4 members (excludes halogenated alkanes) is 25. The van der Waals surface area contributed by atoms with E-state index >= 15 is 0 Å². The third kappa shape index (κ3) is 28.6. The van der Waals surface area contributed by atoms with Crippen LogP contribution in [-0.4, -0.2) is 98.7 Å². The predicted molar refractivity (Wildman–Crippen MR) is 241 cm³/mol.